The van der Waals surface area contributed by atoms with E-state index in [-0.39, 0.29) is 85.9 Å². The van der Waals surface area contributed by atoms with Crippen LogP contribution in [0.2, 0.25) is 0 Å². The van der Waals surface area contributed by atoms with E-state index in [0.717, 1.165) is 61.2 Å². The van der Waals surface area contributed by atoms with E-state index in [1.54, 1.807) is 0 Å². The molecule has 123 heavy (non-hydrogen) atoms. The molecule has 1 amide bonds. The predicted octanol–water partition coefficient (Wildman–Crippen LogP) is 16.9. The standard InChI is InChI=1S/C103H111NO19/c1-72-89(108-61-77-41-19-6-20-42-77)94(111-64-80-47-25-9-26-48-80)97(114-67-83-53-31-12-32-54-83)101(117-72)122-93-88(104-74(3)105)100(116-69-85-57-35-14-36-58-85)119-87(71-107-60-76-39-17-5-18-40-76)92(93)121-103-99(96(113-66-82-51-29-11-30-52-82)91(110-63-79-45-23-8-24-46-79)86(120-103)70-106-59-75-37-15-4-16-38-75)123-102-98(115-68-84-55-33-13-34-56-84)95(112-65-81-49-27-10-28-50-81)90(73(2)118-102)109-62-78-43-21-7-22-44-78/h4-58,72-73,86-103H,59-71H2,1-3H3,(H,104,105)/t72-,73-,86+,87+,88+,89+,90+,91-,92+,93+,94+,95+,96?,97-,98-,99+,100?,101-,102-,103-/m0/s1. The van der Waals surface area contributed by atoms with Gasteiger partial charge in [0, 0.05) is 6.92 Å². The molecule has 4 fully saturated rings. The SMILES string of the molecule is CC(=O)N[C@H]1C(OCc2ccccc2)O[C@H](COCc2ccccc2)[C@@H](O[C@@H]2O[C@H](COCc3ccccc3)[C@H](OCc3ccccc3)C(OCc3ccccc3)[C@H]2O[C@@H]2O[C@@H](C)[C@@H](OCc3ccccc3)[C@@H](OCc3ccccc3)[C@@H]2OCc2ccccc2)[C@@H]1O[C@@H]1O[C@@H](C)[C@@H](OCc2ccccc2)[C@@H](OCc2ccccc2)[C@@H]1OCc1ccccc1. The van der Waals surface area contributed by atoms with Gasteiger partial charge in [0.2, 0.25) is 5.91 Å². The summed E-state index contributed by atoms with van der Waals surface area (Å²) in [6, 6.07) is 108. The highest BCUT2D eigenvalue weighted by Crippen LogP contribution is 2.42. The van der Waals surface area contributed by atoms with Gasteiger partial charge in [0.1, 0.15) is 85.4 Å². The number of hydrogen-bond donors (Lipinski definition) is 1. The molecule has 11 aromatic rings. The molecule has 15 rings (SSSR count). The molecule has 1 N–H and O–H groups in total. The third kappa shape index (κ3) is 25.5. The van der Waals surface area contributed by atoms with Crippen molar-refractivity contribution in [3.63, 3.8) is 0 Å². The van der Waals surface area contributed by atoms with E-state index in [4.69, 9.17) is 85.3 Å². The van der Waals surface area contributed by atoms with Gasteiger partial charge in [0.05, 0.1) is 98.1 Å². The Morgan fingerprint density at radius 3 is 0.756 bits per heavy atom. The van der Waals surface area contributed by atoms with Crippen molar-refractivity contribution >= 4 is 5.91 Å². The van der Waals surface area contributed by atoms with E-state index in [1.807, 2.05) is 347 Å². The number of ether oxygens (including phenoxy) is 18. The van der Waals surface area contributed by atoms with Crippen LogP contribution in [-0.2, 0) is 163 Å². The van der Waals surface area contributed by atoms with Gasteiger partial charge in [-0.15, -0.1) is 0 Å². The second-order valence-corrected chi connectivity index (χ2v) is 31.4. The number of hydrogen-bond acceptors (Lipinski definition) is 19. The highest BCUT2D eigenvalue weighted by atomic mass is 16.8. The molecule has 0 aliphatic carbocycles. The quantitative estimate of drug-likeness (QED) is 0.0379. The highest BCUT2D eigenvalue weighted by molar-refractivity contribution is 5.73. The minimum absolute atomic E-state index is 0.0473. The Labute approximate surface area is 721 Å². The lowest BCUT2D eigenvalue weighted by atomic mass is 9.93. The van der Waals surface area contributed by atoms with E-state index in [9.17, 15) is 4.79 Å². The average Bonchev–Trinajstić information content (AvgIpc) is 0.756. The van der Waals surface area contributed by atoms with Crippen LogP contribution >= 0.6 is 0 Å². The summed E-state index contributed by atoms with van der Waals surface area (Å²) >= 11 is 0. The molecule has 0 saturated carbocycles. The van der Waals surface area contributed by atoms with Gasteiger partial charge in [-0.1, -0.05) is 334 Å². The van der Waals surface area contributed by atoms with E-state index in [0.29, 0.717) is 0 Å². The highest BCUT2D eigenvalue weighted by Gasteiger charge is 2.59. The minimum Gasteiger partial charge on any atom is -0.374 e. The summed E-state index contributed by atoms with van der Waals surface area (Å²) in [7, 11) is 0. The summed E-state index contributed by atoms with van der Waals surface area (Å²) in [6.45, 7) is 6.70. The van der Waals surface area contributed by atoms with Crippen LogP contribution in [0.15, 0.2) is 334 Å². The van der Waals surface area contributed by atoms with Gasteiger partial charge >= 0.3 is 0 Å². The molecular formula is C103H111NO19. The van der Waals surface area contributed by atoms with Crippen molar-refractivity contribution in [3.05, 3.63) is 395 Å². The summed E-state index contributed by atoms with van der Waals surface area (Å²) in [6.07, 6.45) is -20.7. The minimum atomic E-state index is -1.55. The van der Waals surface area contributed by atoms with Gasteiger partial charge in [-0.2, -0.15) is 0 Å². The third-order valence-corrected chi connectivity index (χ3v) is 22.3. The van der Waals surface area contributed by atoms with Crippen molar-refractivity contribution in [3.8, 4) is 0 Å². The smallest absolute Gasteiger partial charge is 0.217 e. The molecule has 0 aromatic heterocycles. The maximum atomic E-state index is 14.6. The molecule has 642 valence electrons. The zero-order chi connectivity index (χ0) is 84.0. The molecule has 20 nitrogen and oxygen atoms in total. The Hall–Kier alpha value is -9.83. The summed E-state index contributed by atoms with van der Waals surface area (Å²) in [4.78, 5) is 14.6. The number of amides is 1. The van der Waals surface area contributed by atoms with Crippen LogP contribution in [0.5, 0.6) is 0 Å². The van der Waals surface area contributed by atoms with Crippen LogP contribution in [0.4, 0.5) is 0 Å². The van der Waals surface area contributed by atoms with Crippen LogP contribution in [0.3, 0.4) is 0 Å². The molecule has 0 bridgehead atoms. The third-order valence-electron chi connectivity index (χ3n) is 22.3. The molecule has 4 heterocycles. The summed E-state index contributed by atoms with van der Waals surface area (Å²) in [5.41, 5.74) is 9.89. The first-order valence-electron chi connectivity index (χ1n) is 42.6. The molecule has 0 radical (unpaired) electrons. The van der Waals surface area contributed by atoms with Crippen LogP contribution < -0.4 is 5.32 Å². The van der Waals surface area contributed by atoms with Crippen molar-refractivity contribution in [1.29, 1.82) is 0 Å². The molecule has 2 unspecified atom stereocenters. The van der Waals surface area contributed by atoms with E-state index < -0.39 is 129 Å². The van der Waals surface area contributed by atoms with Gasteiger partial charge in [-0.25, -0.2) is 0 Å². The van der Waals surface area contributed by atoms with E-state index in [2.05, 4.69) is 5.32 Å². The normalized spacial score (nSPS) is 26.5. The number of benzene rings is 11. The van der Waals surface area contributed by atoms with E-state index in [1.165, 1.54) is 6.92 Å². The monoisotopic (exact) mass is 1670 g/mol. The second-order valence-electron chi connectivity index (χ2n) is 31.4. The van der Waals surface area contributed by atoms with Crippen molar-refractivity contribution < 1.29 is 90.1 Å². The maximum absolute atomic E-state index is 14.6. The number of carbonyl (C=O) groups is 1. The molecule has 4 aliphatic rings. The Bertz CT molecular complexity index is 4790. The zero-order valence-corrected chi connectivity index (χ0v) is 69.8. The fourth-order valence-corrected chi connectivity index (χ4v) is 16.0. The van der Waals surface area contributed by atoms with Gasteiger partial charge < -0.3 is 90.6 Å². The number of rotatable bonds is 42. The Morgan fingerprint density at radius 2 is 0.455 bits per heavy atom. The largest absolute Gasteiger partial charge is 0.374 e. The predicted molar refractivity (Wildman–Crippen MR) is 462 cm³/mol. The lowest BCUT2D eigenvalue weighted by molar-refractivity contribution is -0.403. The fraction of sp³-hybridized carbons (Fsp3) is 0.350. The Balaban J connectivity index is 0.897. The van der Waals surface area contributed by atoms with Crippen molar-refractivity contribution in [2.75, 3.05) is 13.2 Å². The lowest BCUT2D eigenvalue weighted by Crippen LogP contribution is -2.70. The molecule has 4 saturated heterocycles. The Morgan fingerprint density at radius 1 is 0.236 bits per heavy atom. The van der Waals surface area contributed by atoms with Gasteiger partial charge in [-0.3, -0.25) is 4.79 Å². The molecule has 20 heteroatoms. The number of carbonyl (C=O) groups excluding carboxylic acids is 1. The summed E-state index contributed by atoms with van der Waals surface area (Å²) in [5.74, 6) is -0.435. The first-order chi connectivity index (χ1) is 60.6. The van der Waals surface area contributed by atoms with Crippen LogP contribution in [0, 0.1) is 0 Å². The zero-order valence-electron chi connectivity index (χ0n) is 69.8. The summed E-state index contributed by atoms with van der Waals surface area (Å²) in [5, 5.41) is 3.29. The molecule has 0 spiro atoms. The lowest BCUT2D eigenvalue weighted by Gasteiger charge is -2.53. The molecular weight excluding hydrogens is 1560 g/mol. The first kappa shape index (κ1) is 88.0. The van der Waals surface area contributed by atoms with Crippen LogP contribution in [-0.4, -0.2) is 142 Å². The molecule has 4 aliphatic heterocycles. The second kappa shape index (κ2) is 46.2. The van der Waals surface area contributed by atoms with Gasteiger partial charge in [-0.05, 0) is 75.0 Å². The van der Waals surface area contributed by atoms with E-state index >= 15 is 0 Å². The average molecular weight is 1670 g/mol. The fourth-order valence-electron chi connectivity index (χ4n) is 16.0. The van der Waals surface area contributed by atoms with Crippen LogP contribution in [0.25, 0.3) is 0 Å². The van der Waals surface area contributed by atoms with Gasteiger partial charge in [0.25, 0.3) is 0 Å². The molecule has 20 atom stereocenters. The molecule has 11 aromatic carbocycles. The maximum Gasteiger partial charge on any atom is 0.217 e. The van der Waals surface area contributed by atoms with Crippen molar-refractivity contribution in [1.82, 2.24) is 5.32 Å². The van der Waals surface area contributed by atoms with Crippen molar-refractivity contribution in [2.45, 2.75) is 216 Å². The van der Waals surface area contributed by atoms with Crippen molar-refractivity contribution in [2.24, 2.45) is 0 Å². The topological polar surface area (TPSA) is 195 Å². The van der Waals surface area contributed by atoms with Crippen LogP contribution in [0.1, 0.15) is 82.0 Å². The Kier molecular flexibility index (Phi) is 33.1. The first-order valence-corrected chi connectivity index (χ1v) is 42.6. The summed E-state index contributed by atoms with van der Waals surface area (Å²) < 4.78 is 133. The number of nitrogens with one attached hydrogen (secondary N) is 1. The van der Waals surface area contributed by atoms with Gasteiger partial charge in [0.15, 0.2) is 25.2 Å².